The van der Waals surface area contributed by atoms with Crippen molar-refractivity contribution in [2.75, 3.05) is 13.2 Å². The molecular formula is C17H19N3O3. The lowest BCUT2D eigenvalue weighted by Gasteiger charge is -2.09. The summed E-state index contributed by atoms with van der Waals surface area (Å²) in [7, 11) is 0. The van der Waals surface area contributed by atoms with Crippen molar-refractivity contribution in [2.45, 2.75) is 6.92 Å². The van der Waals surface area contributed by atoms with Gasteiger partial charge >= 0.3 is 6.03 Å². The second-order valence-corrected chi connectivity index (χ2v) is 4.82. The number of hydrazone groups is 1. The Hall–Kier alpha value is -3.02. The van der Waals surface area contributed by atoms with Gasteiger partial charge in [0.1, 0.15) is 24.7 Å². The van der Waals surface area contributed by atoms with Crippen molar-refractivity contribution >= 4 is 12.2 Å². The third-order valence-electron chi connectivity index (χ3n) is 2.89. The molecule has 0 atom stereocenters. The first kappa shape index (κ1) is 16.4. The fourth-order valence-electron chi connectivity index (χ4n) is 1.81. The van der Waals surface area contributed by atoms with Crippen LogP contribution in [0, 0.1) is 6.92 Å². The Morgan fingerprint density at radius 3 is 2.52 bits per heavy atom. The van der Waals surface area contributed by atoms with Crippen molar-refractivity contribution in [3.63, 3.8) is 0 Å². The molecule has 3 N–H and O–H groups in total. The molecule has 0 bridgehead atoms. The Morgan fingerprint density at radius 1 is 1.13 bits per heavy atom. The summed E-state index contributed by atoms with van der Waals surface area (Å²) in [6.07, 6.45) is 1.49. The maximum atomic E-state index is 10.5. The predicted molar refractivity (Wildman–Crippen MR) is 88.9 cm³/mol. The first-order valence-electron chi connectivity index (χ1n) is 7.14. The molecule has 0 saturated heterocycles. The molecule has 0 fully saturated rings. The molecule has 0 spiro atoms. The van der Waals surface area contributed by atoms with Gasteiger partial charge in [0.25, 0.3) is 0 Å². The molecule has 2 rings (SSSR count). The summed E-state index contributed by atoms with van der Waals surface area (Å²) in [5.74, 6) is 1.51. The van der Waals surface area contributed by atoms with Crippen LogP contribution in [0.4, 0.5) is 4.79 Å². The summed E-state index contributed by atoms with van der Waals surface area (Å²) < 4.78 is 11.2. The van der Waals surface area contributed by atoms with E-state index in [0.29, 0.717) is 19.0 Å². The molecule has 0 aliphatic rings. The average molecular weight is 313 g/mol. The van der Waals surface area contributed by atoms with Gasteiger partial charge in [-0.25, -0.2) is 10.2 Å². The lowest BCUT2D eigenvalue weighted by Crippen LogP contribution is -2.24. The number of hydrogen-bond acceptors (Lipinski definition) is 4. The molecule has 0 saturated carbocycles. The molecule has 23 heavy (non-hydrogen) atoms. The van der Waals surface area contributed by atoms with Gasteiger partial charge in [0, 0.05) is 0 Å². The van der Waals surface area contributed by atoms with Crippen LogP contribution in [0.25, 0.3) is 0 Å². The van der Waals surface area contributed by atoms with Crippen LogP contribution in [0.1, 0.15) is 11.1 Å². The number of nitrogens with two attached hydrogens (primary N) is 1. The van der Waals surface area contributed by atoms with Crippen molar-refractivity contribution in [3.8, 4) is 11.5 Å². The minimum atomic E-state index is -0.707. The van der Waals surface area contributed by atoms with Crippen LogP contribution in [0.5, 0.6) is 11.5 Å². The molecule has 0 unspecified atom stereocenters. The van der Waals surface area contributed by atoms with Gasteiger partial charge in [0.05, 0.1) is 6.21 Å². The number of amides is 2. The molecule has 0 radical (unpaired) electrons. The summed E-state index contributed by atoms with van der Waals surface area (Å²) in [5.41, 5.74) is 9.04. The number of hydrogen-bond donors (Lipinski definition) is 2. The molecule has 6 heteroatoms. The summed E-state index contributed by atoms with van der Waals surface area (Å²) in [6.45, 7) is 2.90. The van der Waals surface area contributed by atoms with Gasteiger partial charge in [-0.15, -0.1) is 0 Å². The third-order valence-corrected chi connectivity index (χ3v) is 2.89. The van der Waals surface area contributed by atoms with Gasteiger partial charge in [0.15, 0.2) is 0 Å². The van der Waals surface area contributed by atoms with Gasteiger partial charge in [-0.1, -0.05) is 29.8 Å². The van der Waals surface area contributed by atoms with Crippen LogP contribution in [0.3, 0.4) is 0 Å². The average Bonchev–Trinajstić information content (AvgIpc) is 2.53. The molecule has 120 valence electrons. The van der Waals surface area contributed by atoms with Gasteiger partial charge in [-0.05, 0) is 36.8 Å². The Kier molecular flexibility index (Phi) is 5.99. The number of carbonyl (C=O) groups excluding carboxylic acids is 1. The summed E-state index contributed by atoms with van der Waals surface area (Å²) in [6, 6.07) is 14.5. The quantitative estimate of drug-likeness (QED) is 0.468. The third kappa shape index (κ3) is 6.09. The highest BCUT2D eigenvalue weighted by atomic mass is 16.5. The first-order valence-corrected chi connectivity index (χ1v) is 7.14. The monoisotopic (exact) mass is 313 g/mol. The van der Waals surface area contributed by atoms with Crippen LogP contribution in [-0.2, 0) is 0 Å². The Labute approximate surface area is 134 Å². The van der Waals surface area contributed by atoms with E-state index in [4.69, 9.17) is 15.2 Å². The number of ether oxygens (including phenoxy) is 2. The van der Waals surface area contributed by atoms with Gasteiger partial charge < -0.3 is 15.2 Å². The molecule has 6 nitrogen and oxygen atoms in total. The van der Waals surface area contributed by atoms with Gasteiger partial charge in [-0.2, -0.15) is 5.10 Å². The maximum Gasteiger partial charge on any atom is 0.332 e. The number of urea groups is 1. The standard InChI is InChI=1S/C17H19N3O3/c1-13-5-7-15(8-6-13)22-9-10-23-16-4-2-3-14(11-16)12-19-20-17(18)21/h2-8,11-12H,9-10H2,1H3,(H3,18,20,21)/b19-12+. The summed E-state index contributed by atoms with van der Waals surface area (Å²) in [5, 5.41) is 3.70. The van der Waals surface area contributed by atoms with E-state index >= 15 is 0 Å². The van der Waals surface area contributed by atoms with Crippen LogP contribution in [-0.4, -0.2) is 25.5 Å². The van der Waals surface area contributed by atoms with Crippen molar-refractivity contribution in [1.29, 1.82) is 0 Å². The molecule has 2 amide bonds. The number of benzene rings is 2. The lowest BCUT2D eigenvalue weighted by molar-refractivity contribution is 0.217. The van der Waals surface area contributed by atoms with Crippen LogP contribution in [0.2, 0.25) is 0 Å². The number of rotatable bonds is 7. The maximum absolute atomic E-state index is 10.5. The zero-order valence-corrected chi connectivity index (χ0v) is 12.9. The number of nitrogens with zero attached hydrogens (tertiary/aromatic N) is 1. The van der Waals surface area contributed by atoms with E-state index in [9.17, 15) is 4.79 Å². The van der Waals surface area contributed by atoms with E-state index in [1.807, 2.05) is 49.4 Å². The normalized spacial score (nSPS) is 10.5. The zero-order chi connectivity index (χ0) is 16.5. The van der Waals surface area contributed by atoms with Crippen molar-refractivity contribution in [1.82, 2.24) is 5.43 Å². The van der Waals surface area contributed by atoms with Gasteiger partial charge in [0.2, 0.25) is 0 Å². The van der Waals surface area contributed by atoms with Crippen molar-refractivity contribution in [3.05, 3.63) is 59.7 Å². The largest absolute Gasteiger partial charge is 0.490 e. The molecular weight excluding hydrogens is 294 g/mol. The Morgan fingerprint density at radius 2 is 1.83 bits per heavy atom. The molecule has 2 aromatic rings. The first-order chi connectivity index (χ1) is 11.1. The van der Waals surface area contributed by atoms with E-state index in [1.165, 1.54) is 11.8 Å². The Bertz CT molecular complexity index is 669. The number of nitrogens with one attached hydrogen (secondary N) is 1. The van der Waals surface area contributed by atoms with Crippen molar-refractivity contribution in [2.24, 2.45) is 10.8 Å². The number of aryl methyl sites for hydroxylation is 1. The zero-order valence-electron chi connectivity index (χ0n) is 12.9. The van der Waals surface area contributed by atoms with Crippen LogP contribution >= 0.6 is 0 Å². The highest BCUT2D eigenvalue weighted by Gasteiger charge is 1.97. The fourth-order valence-corrected chi connectivity index (χ4v) is 1.81. The lowest BCUT2D eigenvalue weighted by atomic mass is 10.2. The molecule has 0 heterocycles. The van der Waals surface area contributed by atoms with E-state index < -0.39 is 6.03 Å². The molecule has 0 aliphatic heterocycles. The van der Waals surface area contributed by atoms with Crippen LogP contribution in [0.15, 0.2) is 53.6 Å². The summed E-state index contributed by atoms with van der Waals surface area (Å²) in [4.78, 5) is 10.5. The van der Waals surface area contributed by atoms with Crippen LogP contribution < -0.4 is 20.6 Å². The Balaban J connectivity index is 1.78. The van der Waals surface area contributed by atoms with Crippen molar-refractivity contribution < 1.29 is 14.3 Å². The number of primary amides is 1. The highest BCUT2D eigenvalue weighted by Crippen LogP contribution is 2.13. The molecule has 0 aromatic heterocycles. The van der Waals surface area contributed by atoms with Gasteiger partial charge in [-0.3, -0.25) is 0 Å². The SMILES string of the molecule is Cc1ccc(OCCOc2cccc(/C=N/NC(N)=O)c2)cc1. The highest BCUT2D eigenvalue weighted by molar-refractivity contribution is 5.81. The van der Waals surface area contributed by atoms with E-state index in [1.54, 1.807) is 6.07 Å². The summed E-state index contributed by atoms with van der Waals surface area (Å²) >= 11 is 0. The fraction of sp³-hybridized carbons (Fsp3) is 0.176. The molecule has 2 aromatic carbocycles. The topological polar surface area (TPSA) is 85.9 Å². The smallest absolute Gasteiger partial charge is 0.332 e. The second kappa shape index (κ2) is 8.43. The minimum absolute atomic E-state index is 0.425. The van der Waals surface area contributed by atoms with E-state index in [-0.39, 0.29) is 0 Å². The predicted octanol–water partition coefficient (Wildman–Crippen LogP) is 2.46. The minimum Gasteiger partial charge on any atom is -0.490 e. The number of carbonyl (C=O) groups is 1. The molecule has 0 aliphatic carbocycles. The van der Waals surface area contributed by atoms with E-state index in [0.717, 1.165) is 11.3 Å². The second-order valence-electron chi connectivity index (χ2n) is 4.82. The van der Waals surface area contributed by atoms with E-state index in [2.05, 4.69) is 10.5 Å².